The van der Waals surface area contributed by atoms with E-state index in [0.717, 1.165) is 0 Å². The van der Waals surface area contributed by atoms with Crippen LogP contribution in [0.4, 0.5) is 87.8 Å². The van der Waals surface area contributed by atoms with Crippen molar-refractivity contribution < 1.29 is 96.8 Å². The molecule has 0 spiro atoms. The second kappa shape index (κ2) is 17.9. The van der Waals surface area contributed by atoms with E-state index in [9.17, 15) is 61.7 Å². The van der Waals surface area contributed by atoms with Gasteiger partial charge >= 0.3 is 0 Å². The molecule has 0 amide bonds. The number of rotatable bonds is 8. The van der Waals surface area contributed by atoms with Crippen LogP contribution in [0.5, 0.6) is 0 Å². The number of carbonyl (C=O) groups is 1. The van der Waals surface area contributed by atoms with Crippen molar-refractivity contribution in [2.45, 2.75) is 4.90 Å². The molecule has 1 atom stereocenters. The van der Waals surface area contributed by atoms with Crippen LogP contribution in [-0.4, -0.2) is 23.9 Å². The monoisotopic (exact) mass is 972 g/mol. The minimum Gasteiger partial charge on any atom is -0.289 e. The first-order valence-corrected chi connectivity index (χ1v) is 19.2. The van der Waals surface area contributed by atoms with Gasteiger partial charge in [-0.2, -0.15) is 0 Å². The van der Waals surface area contributed by atoms with E-state index in [0.29, 0.717) is 15.5 Å². The number of ketones is 1. The SMILES string of the molecule is C[S+](=O)(CC(=O)c1ccccc1)c1ccc(Cl)cc1.Fc1c(F)c(F)c([B-](c2c(F)c(F)c(F)c(F)c2F)(c2c(F)c(F)c(F)c(F)c2F)c2c(F)c(F)c(F)c(F)c2F)c(F)c1F. The highest BCUT2D eigenvalue weighted by atomic mass is 35.5. The normalized spacial score (nSPS) is 12.5. The van der Waals surface area contributed by atoms with E-state index in [4.69, 9.17) is 11.6 Å². The minimum absolute atomic E-state index is 0.0125. The van der Waals surface area contributed by atoms with E-state index < -0.39 is 154 Å². The van der Waals surface area contributed by atoms with Gasteiger partial charge in [0.1, 0.15) is 68.9 Å². The molecule has 0 fully saturated rings. The molecule has 0 N–H and O–H groups in total. The van der Waals surface area contributed by atoms with E-state index in [1.807, 2.05) is 6.07 Å². The van der Waals surface area contributed by atoms with Crippen LogP contribution in [0, 0.1) is 116 Å². The number of hydrogen-bond donors (Lipinski definition) is 0. The van der Waals surface area contributed by atoms with Crippen molar-refractivity contribution in [3.8, 4) is 0 Å². The molecule has 338 valence electrons. The van der Waals surface area contributed by atoms with Gasteiger partial charge in [-0.1, -0.05) is 46.1 Å². The molecular formula is C39H14BClF20O2S. The molecular weight excluding hydrogens is 959 g/mol. The molecule has 0 aromatic heterocycles. The maximum absolute atomic E-state index is 15.4. The van der Waals surface area contributed by atoms with Crippen LogP contribution >= 0.6 is 11.6 Å². The third kappa shape index (κ3) is 7.87. The second-order valence-corrected chi connectivity index (χ2v) is 16.4. The summed E-state index contributed by atoms with van der Waals surface area (Å²) in [5.74, 6) is -71.5. The predicted octanol–water partition coefficient (Wildman–Crippen LogP) is 9.56. The summed E-state index contributed by atoms with van der Waals surface area (Å²) in [5, 5.41) is 0.591. The average molecular weight is 973 g/mol. The van der Waals surface area contributed by atoms with E-state index in [2.05, 4.69) is 0 Å². The van der Waals surface area contributed by atoms with E-state index in [1.165, 1.54) is 0 Å². The van der Waals surface area contributed by atoms with Crippen molar-refractivity contribution >= 4 is 55.3 Å². The van der Waals surface area contributed by atoms with Gasteiger partial charge in [-0.25, -0.2) is 87.8 Å². The Labute approximate surface area is 350 Å². The van der Waals surface area contributed by atoms with E-state index >= 15 is 35.1 Å². The van der Waals surface area contributed by atoms with Crippen LogP contribution in [0.15, 0.2) is 59.5 Å². The predicted molar refractivity (Wildman–Crippen MR) is 189 cm³/mol. The zero-order chi connectivity index (χ0) is 48.2. The number of carbonyl (C=O) groups excluding carboxylic acids is 1. The molecule has 6 rings (SSSR count). The van der Waals surface area contributed by atoms with Gasteiger partial charge in [0.05, 0.1) is 0 Å². The van der Waals surface area contributed by atoms with Crippen molar-refractivity contribution in [3.63, 3.8) is 0 Å². The van der Waals surface area contributed by atoms with Gasteiger partial charge in [0.2, 0.25) is 5.78 Å². The van der Waals surface area contributed by atoms with E-state index in [1.54, 1.807) is 54.8 Å². The standard InChI is InChI=1S/C24BF20.C15H14ClO2S/c26-5-1(6(27)14(35)21(42)13(5)34)25(2-7(28)15(36)22(43)16(37)8(2)29,3-9(30)17(38)23(44)18(39)10(3)31)4-11(32)19(40)24(45)20(41)12(4)33;1-19(18,14-9-7-13(16)8-10-14)11-15(17)12-5-3-2-4-6-12/h;2-10H,11H2,1H3/q-1;+1. The van der Waals surface area contributed by atoms with Crippen LogP contribution in [-0.2, 0) is 14.1 Å². The van der Waals surface area contributed by atoms with Gasteiger partial charge in [-0.15, -0.1) is 21.9 Å². The van der Waals surface area contributed by atoms with Crippen molar-refractivity contribution in [3.05, 3.63) is 182 Å². The molecule has 64 heavy (non-hydrogen) atoms. The lowest BCUT2D eigenvalue weighted by atomic mass is 9.12. The first-order chi connectivity index (χ1) is 29.7. The molecule has 6 aromatic rings. The molecule has 0 aliphatic heterocycles. The summed E-state index contributed by atoms with van der Waals surface area (Å²) in [7, 11) is -2.38. The summed E-state index contributed by atoms with van der Waals surface area (Å²) in [6.07, 6.45) is -5.61. The van der Waals surface area contributed by atoms with Gasteiger partial charge < -0.3 is 0 Å². The average Bonchev–Trinajstić information content (AvgIpc) is 3.26. The molecule has 0 aliphatic carbocycles. The topological polar surface area (TPSA) is 34.1 Å². The Balaban J connectivity index is 0.000000337. The van der Waals surface area contributed by atoms with E-state index in [-0.39, 0.29) is 11.5 Å². The van der Waals surface area contributed by atoms with Crippen LogP contribution in [0.2, 0.25) is 5.02 Å². The number of Topliss-reactive ketones (excluding diaryl/α,β-unsaturated/α-hetero) is 1. The molecule has 0 aliphatic rings. The second-order valence-electron chi connectivity index (χ2n) is 13.2. The summed E-state index contributed by atoms with van der Waals surface area (Å²) in [5.41, 5.74) is -13.7. The molecule has 0 saturated heterocycles. The first kappa shape index (κ1) is 49.1. The molecule has 6 aromatic carbocycles. The quantitative estimate of drug-likeness (QED) is 0.0381. The Morgan fingerprint density at radius 2 is 0.641 bits per heavy atom. The van der Waals surface area contributed by atoms with Gasteiger partial charge in [-0.3, -0.25) is 4.79 Å². The van der Waals surface area contributed by atoms with Crippen molar-refractivity contribution in [2.24, 2.45) is 0 Å². The Bertz CT molecular complexity index is 2550. The zero-order valence-electron chi connectivity index (χ0n) is 30.6. The van der Waals surface area contributed by atoms with Crippen molar-refractivity contribution in [1.82, 2.24) is 0 Å². The minimum atomic E-state index is -7.22. The third-order valence-corrected chi connectivity index (χ3v) is 11.9. The maximum Gasteiger partial charge on any atom is 0.212 e. The molecule has 25 heteroatoms. The summed E-state index contributed by atoms with van der Waals surface area (Å²) >= 11 is 5.80. The highest BCUT2D eigenvalue weighted by molar-refractivity contribution is 8.03. The molecule has 0 heterocycles. The largest absolute Gasteiger partial charge is 0.289 e. The summed E-state index contributed by atoms with van der Waals surface area (Å²) < 4.78 is 307. The number of hydrogen-bond acceptors (Lipinski definition) is 2. The van der Waals surface area contributed by atoms with Gasteiger partial charge in [0.15, 0.2) is 80.5 Å². The van der Waals surface area contributed by atoms with Gasteiger partial charge in [0.25, 0.3) is 0 Å². The maximum atomic E-state index is 15.4. The van der Waals surface area contributed by atoms with Gasteiger partial charge in [0, 0.05) is 10.6 Å². The fraction of sp³-hybridized carbons (Fsp3) is 0.0513. The van der Waals surface area contributed by atoms with Crippen LogP contribution < -0.4 is 21.9 Å². The van der Waals surface area contributed by atoms with Gasteiger partial charge in [-0.05, 0) is 24.3 Å². The lowest BCUT2D eigenvalue weighted by molar-refractivity contribution is 0.102. The zero-order valence-corrected chi connectivity index (χ0v) is 32.2. The van der Waals surface area contributed by atoms with Crippen LogP contribution in [0.3, 0.4) is 0 Å². The van der Waals surface area contributed by atoms with Crippen molar-refractivity contribution in [2.75, 3.05) is 12.0 Å². The third-order valence-electron chi connectivity index (χ3n) is 9.52. The smallest absolute Gasteiger partial charge is 0.212 e. The first-order valence-electron chi connectivity index (χ1n) is 16.7. The number of benzene rings is 6. The summed E-state index contributed by atoms with van der Waals surface area (Å²) in [6.45, 7) is 0. The Hall–Kier alpha value is -5.91. The van der Waals surface area contributed by atoms with Crippen LogP contribution in [0.25, 0.3) is 0 Å². The lowest BCUT2D eigenvalue weighted by Crippen LogP contribution is -2.81. The Morgan fingerprint density at radius 1 is 0.406 bits per heavy atom. The Morgan fingerprint density at radius 3 is 0.891 bits per heavy atom. The van der Waals surface area contributed by atoms with Crippen LogP contribution in [0.1, 0.15) is 10.4 Å². The molecule has 1 unspecified atom stereocenters. The summed E-state index contributed by atoms with van der Waals surface area (Å²) in [4.78, 5) is 12.7. The Kier molecular flexibility index (Phi) is 13.8. The fourth-order valence-electron chi connectivity index (χ4n) is 6.64. The number of halogens is 21. The molecule has 0 radical (unpaired) electrons. The summed E-state index contributed by atoms with van der Waals surface area (Å²) in [6, 6.07) is 15.7. The molecule has 2 nitrogen and oxygen atoms in total. The molecule has 0 saturated carbocycles. The lowest BCUT2D eigenvalue weighted by Gasteiger charge is -2.44. The molecule has 0 bridgehead atoms. The highest BCUT2D eigenvalue weighted by Crippen LogP contribution is 2.31. The van der Waals surface area contributed by atoms with Crippen molar-refractivity contribution in [1.29, 1.82) is 0 Å². The fourth-order valence-corrected chi connectivity index (χ4v) is 8.31. The highest BCUT2D eigenvalue weighted by Gasteiger charge is 2.52.